The van der Waals surface area contributed by atoms with E-state index < -0.39 is 29.4 Å². The Morgan fingerprint density at radius 2 is 1.73 bits per heavy atom. The molecule has 0 aliphatic carbocycles. The van der Waals surface area contributed by atoms with E-state index in [1.54, 1.807) is 20.8 Å². The van der Waals surface area contributed by atoms with Crippen LogP contribution in [-0.2, 0) is 10.9 Å². The van der Waals surface area contributed by atoms with Crippen LogP contribution in [0.2, 0.25) is 0 Å². The predicted octanol–water partition coefficient (Wildman–Crippen LogP) is 4.52. The summed E-state index contributed by atoms with van der Waals surface area (Å²) in [5.74, 6) is -1.62. The fourth-order valence-corrected chi connectivity index (χ4v) is 2.97. The first-order valence-corrected chi connectivity index (χ1v) is 8.31. The largest absolute Gasteiger partial charge is 0.478 e. The lowest BCUT2D eigenvalue weighted by molar-refractivity contribution is -0.137. The normalized spacial score (nSPS) is 16.5. The van der Waals surface area contributed by atoms with Crippen LogP contribution in [0.5, 0.6) is 0 Å². The van der Waals surface area contributed by atoms with Gasteiger partial charge in [-0.3, -0.25) is 0 Å². The van der Waals surface area contributed by atoms with Crippen molar-refractivity contribution in [3.05, 3.63) is 34.9 Å². The quantitative estimate of drug-likeness (QED) is 0.828. The third kappa shape index (κ3) is 4.89. The topological polar surface area (TPSA) is 66.8 Å². The van der Waals surface area contributed by atoms with Crippen LogP contribution in [0.25, 0.3) is 0 Å². The number of hydrogen-bond acceptors (Lipinski definition) is 3. The van der Waals surface area contributed by atoms with Crippen molar-refractivity contribution in [2.75, 3.05) is 13.1 Å². The number of benzene rings is 1. The molecular weight excluding hydrogens is 351 g/mol. The van der Waals surface area contributed by atoms with E-state index in [0.717, 1.165) is 18.2 Å². The van der Waals surface area contributed by atoms with Crippen molar-refractivity contribution in [1.82, 2.24) is 4.90 Å². The van der Waals surface area contributed by atoms with Crippen LogP contribution in [0.1, 0.15) is 61.0 Å². The summed E-state index contributed by atoms with van der Waals surface area (Å²) in [6.45, 7) is 5.85. The maximum absolute atomic E-state index is 13.0. The number of hydrogen-bond donors (Lipinski definition) is 1. The van der Waals surface area contributed by atoms with Crippen molar-refractivity contribution in [2.45, 2.75) is 51.3 Å². The summed E-state index contributed by atoms with van der Waals surface area (Å²) >= 11 is 0. The fourth-order valence-electron chi connectivity index (χ4n) is 2.97. The van der Waals surface area contributed by atoms with Crippen molar-refractivity contribution < 1.29 is 32.6 Å². The molecule has 2 rings (SSSR count). The highest BCUT2D eigenvalue weighted by Gasteiger charge is 2.34. The lowest BCUT2D eigenvalue weighted by atomic mass is 9.85. The molecule has 144 valence electrons. The smallest absolute Gasteiger partial charge is 0.416 e. The minimum Gasteiger partial charge on any atom is -0.478 e. The average Bonchev–Trinajstić information content (AvgIpc) is 2.52. The number of carboxylic acids is 1. The Kier molecular flexibility index (Phi) is 5.53. The molecular formula is C18H22F3NO4. The Bertz CT molecular complexity index is 687. The molecule has 0 unspecified atom stereocenters. The number of carboxylic acid groups (broad SMARTS) is 1. The molecule has 0 aromatic heterocycles. The van der Waals surface area contributed by atoms with Gasteiger partial charge < -0.3 is 14.7 Å². The number of amides is 1. The van der Waals surface area contributed by atoms with Gasteiger partial charge in [-0.15, -0.1) is 0 Å². The van der Waals surface area contributed by atoms with Crippen molar-refractivity contribution in [3.8, 4) is 0 Å². The van der Waals surface area contributed by atoms with Crippen LogP contribution in [0.4, 0.5) is 18.0 Å². The van der Waals surface area contributed by atoms with E-state index in [-0.39, 0.29) is 17.0 Å². The molecule has 1 heterocycles. The molecule has 26 heavy (non-hydrogen) atoms. The van der Waals surface area contributed by atoms with Crippen LogP contribution in [0.3, 0.4) is 0 Å². The van der Waals surface area contributed by atoms with Gasteiger partial charge in [0.2, 0.25) is 0 Å². The number of nitrogens with zero attached hydrogens (tertiary/aromatic N) is 1. The fraction of sp³-hybridized carbons (Fsp3) is 0.556. The maximum atomic E-state index is 13.0. The van der Waals surface area contributed by atoms with Crippen molar-refractivity contribution >= 4 is 12.1 Å². The minimum atomic E-state index is -4.54. The van der Waals surface area contributed by atoms with E-state index in [1.165, 1.54) is 4.90 Å². The minimum absolute atomic E-state index is 0.131. The predicted molar refractivity (Wildman–Crippen MR) is 88.2 cm³/mol. The van der Waals surface area contributed by atoms with Gasteiger partial charge in [-0.2, -0.15) is 13.2 Å². The SMILES string of the molecule is CC(C)(C)OC(=O)N1CCC(c2cc(C(F)(F)F)ccc2C(=O)O)CC1. The second-order valence-corrected chi connectivity index (χ2v) is 7.35. The van der Waals surface area contributed by atoms with Gasteiger partial charge in [0.25, 0.3) is 0 Å². The van der Waals surface area contributed by atoms with Gasteiger partial charge in [-0.1, -0.05) is 0 Å². The number of rotatable bonds is 2. The molecule has 1 fully saturated rings. The number of aromatic carboxylic acids is 1. The molecule has 8 heteroatoms. The van der Waals surface area contributed by atoms with E-state index >= 15 is 0 Å². The van der Waals surface area contributed by atoms with Gasteiger partial charge in [0.05, 0.1) is 11.1 Å². The van der Waals surface area contributed by atoms with Crippen molar-refractivity contribution in [2.24, 2.45) is 0 Å². The Labute approximate surface area is 149 Å². The molecule has 0 saturated carbocycles. The number of ether oxygens (including phenoxy) is 1. The molecule has 1 aliphatic rings. The Hall–Kier alpha value is -2.25. The summed E-state index contributed by atoms with van der Waals surface area (Å²) in [5, 5.41) is 9.29. The van der Waals surface area contributed by atoms with Gasteiger partial charge >= 0.3 is 18.2 Å². The standard InChI is InChI=1S/C18H22F3NO4/c1-17(2,3)26-16(25)22-8-6-11(7-9-22)14-10-12(18(19,20)21)4-5-13(14)15(23)24/h4-5,10-11H,6-9H2,1-3H3,(H,23,24). The summed E-state index contributed by atoms with van der Waals surface area (Å²) in [7, 11) is 0. The van der Waals surface area contributed by atoms with E-state index in [1.807, 2.05) is 0 Å². The van der Waals surface area contributed by atoms with Gasteiger partial charge in [-0.25, -0.2) is 9.59 Å². The molecule has 1 saturated heterocycles. The first-order chi connectivity index (χ1) is 11.9. The van der Waals surface area contributed by atoms with Crippen LogP contribution >= 0.6 is 0 Å². The second-order valence-electron chi connectivity index (χ2n) is 7.35. The van der Waals surface area contributed by atoms with Crippen LogP contribution < -0.4 is 0 Å². The van der Waals surface area contributed by atoms with Gasteiger partial charge in [0, 0.05) is 13.1 Å². The molecule has 1 aromatic rings. The molecule has 1 aliphatic heterocycles. The van der Waals surface area contributed by atoms with E-state index in [9.17, 15) is 27.9 Å². The zero-order valence-corrected chi connectivity index (χ0v) is 14.9. The van der Waals surface area contributed by atoms with E-state index in [0.29, 0.717) is 25.9 Å². The highest BCUT2D eigenvalue weighted by atomic mass is 19.4. The molecule has 5 nitrogen and oxygen atoms in total. The first-order valence-electron chi connectivity index (χ1n) is 8.31. The highest BCUT2D eigenvalue weighted by molar-refractivity contribution is 5.89. The van der Waals surface area contributed by atoms with E-state index in [4.69, 9.17) is 4.74 Å². The third-order valence-electron chi connectivity index (χ3n) is 4.20. The number of alkyl halides is 3. The molecule has 0 radical (unpaired) electrons. The zero-order chi connectivity index (χ0) is 19.7. The van der Waals surface area contributed by atoms with Gasteiger partial charge in [0.15, 0.2) is 0 Å². The van der Waals surface area contributed by atoms with Crippen LogP contribution in [-0.4, -0.2) is 40.8 Å². The van der Waals surface area contributed by atoms with Crippen LogP contribution in [0.15, 0.2) is 18.2 Å². The monoisotopic (exact) mass is 373 g/mol. The first kappa shape index (κ1) is 20.1. The van der Waals surface area contributed by atoms with Crippen molar-refractivity contribution in [1.29, 1.82) is 0 Å². The number of carbonyl (C=O) groups is 2. The third-order valence-corrected chi connectivity index (χ3v) is 4.20. The maximum Gasteiger partial charge on any atom is 0.416 e. The molecule has 0 bridgehead atoms. The summed E-state index contributed by atoms with van der Waals surface area (Å²) in [6.07, 6.45) is -4.26. The van der Waals surface area contributed by atoms with Crippen molar-refractivity contribution in [3.63, 3.8) is 0 Å². The molecule has 0 spiro atoms. The van der Waals surface area contributed by atoms with Crippen LogP contribution in [0, 0.1) is 0 Å². The Morgan fingerprint density at radius 1 is 1.15 bits per heavy atom. The number of carbonyl (C=O) groups excluding carboxylic acids is 1. The number of halogens is 3. The summed E-state index contributed by atoms with van der Waals surface area (Å²) in [5.41, 5.74) is -1.47. The van der Waals surface area contributed by atoms with E-state index in [2.05, 4.69) is 0 Å². The Balaban J connectivity index is 2.18. The average molecular weight is 373 g/mol. The highest BCUT2D eigenvalue weighted by Crippen LogP contribution is 2.36. The summed E-state index contributed by atoms with van der Waals surface area (Å²) in [4.78, 5) is 25.0. The number of likely N-dealkylation sites (tertiary alicyclic amines) is 1. The number of piperidine rings is 1. The second kappa shape index (κ2) is 7.17. The summed E-state index contributed by atoms with van der Waals surface area (Å²) < 4.78 is 44.2. The van der Waals surface area contributed by atoms with Gasteiger partial charge in [0.1, 0.15) is 5.60 Å². The summed E-state index contributed by atoms with van der Waals surface area (Å²) in [6, 6.07) is 2.70. The lowest BCUT2D eigenvalue weighted by Crippen LogP contribution is -2.41. The molecule has 1 aromatic carbocycles. The zero-order valence-electron chi connectivity index (χ0n) is 14.9. The lowest BCUT2D eigenvalue weighted by Gasteiger charge is -2.34. The molecule has 1 N–H and O–H groups in total. The van der Waals surface area contributed by atoms with Gasteiger partial charge in [-0.05, 0) is 63.3 Å². The molecule has 1 amide bonds. The Morgan fingerprint density at radius 3 is 2.19 bits per heavy atom. The molecule has 0 atom stereocenters.